The van der Waals surface area contributed by atoms with E-state index in [2.05, 4.69) is 34.4 Å². The Morgan fingerprint density at radius 3 is 2.39 bits per heavy atom. The molecule has 0 unspecified atom stereocenters. The van der Waals surface area contributed by atoms with Gasteiger partial charge in [-0.05, 0) is 50.8 Å². The van der Waals surface area contributed by atoms with Crippen molar-refractivity contribution >= 4 is 17.7 Å². The summed E-state index contributed by atoms with van der Waals surface area (Å²) in [7, 11) is 1.66. The number of ether oxygens (including phenoxy) is 1. The van der Waals surface area contributed by atoms with Crippen molar-refractivity contribution in [2.24, 2.45) is 0 Å². The third-order valence-corrected chi connectivity index (χ3v) is 7.84. The highest BCUT2D eigenvalue weighted by atomic mass is 32.2. The van der Waals surface area contributed by atoms with E-state index in [4.69, 9.17) is 4.74 Å². The van der Waals surface area contributed by atoms with E-state index in [0.717, 1.165) is 35.5 Å². The molecule has 8 heteroatoms. The molecule has 0 radical (unpaired) electrons. The molecule has 7 nitrogen and oxygen atoms in total. The molecule has 3 aromatic rings. The molecule has 0 bridgehead atoms. The fourth-order valence-corrected chi connectivity index (χ4v) is 6.02. The van der Waals surface area contributed by atoms with Crippen LogP contribution in [0.3, 0.4) is 0 Å². The second kappa shape index (κ2) is 9.09. The predicted octanol–water partition coefficient (Wildman–Crippen LogP) is 4.50. The minimum Gasteiger partial charge on any atom is -0.497 e. The van der Waals surface area contributed by atoms with E-state index in [1.807, 2.05) is 59.3 Å². The molecule has 2 aliphatic rings. The molecule has 0 aliphatic carbocycles. The van der Waals surface area contributed by atoms with E-state index in [9.17, 15) is 4.79 Å². The monoisotopic (exact) mass is 463 g/mol. The molecule has 0 saturated carbocycles. The third kappa shape index (κ3) is 4.08. The van der Waals surface area contributed by atoms with Crippen LogP contribution in [0.15, 0.2) is 59.8 Å². The number of fused-ring (bicyclic) bond motifs is 1. The quantitative estimate of drug-likeness (QED) is 0.614. The molecule has 1 fully saturated rings. The summed E-state index contributed by atoms with van der Waals surface area (Å²) < 4.78 is 7.27. The minimum atomic E-state index is -0.346. The van der Waals surface area contributed by atoms with Crippen molar-refractivity contribution in [2.45, 2.75) is 61.6 Å². The lowest BCUT2D eigenvalue weighted by molar-refractivity contribution is -0.137. The molecule has 1 N–H and O–H groups in total. The first-order chi connectivity index (χ1) is 16.1. The van der Waals surface area contributed by atoms with Crippen LogP contribution in [0.5, 0.6) is 5.75 Å². The van der Waals surface area contributed by atoms with Crippen molar-refractivity contribution in [1.82, 2.24) is 19.8 Å². The number of amides is 1. The third-order valence-electron chi connectivity index (χ3n) is 6.63. The number of piperidine rings is 1. The largest absolute Gasteiger partial charge is 0.497 e. The number of methoxy groups -OCH3 is 1. The second-order valence-electron chi connectivity index (χ2n) is 8.80. The van der Waals surface area contributed by atoms with Crippen LogP contribution in [-0.4, -0.2) is 50.1 Å². The van der Waals surface area contributed by atoms with E-state index in [1.54, 1.807) is 7.11 Å². The number of hydrogen-bond donors (Lipinski definition) is 1. The summed E-state index contributed by atoms with van der Waals surface area (Å²) >= 11 is 1.50. The Morgan fingerprint density at radius 2 is 1.73 bits per heavy atom. The first-order valence-corrected chi connectivity index (χ1v) is 12.3. The Hall–Kier alpha value is -3.00. The Labute approximate surface area is 198 Å². The Bertz CT molecular complexity index is 1110. The highest BCUT2D eigenvalue weighted by Gasteiger charge is 2.42. The molecule has 5 rings (SSSR count). The van der Waals surface area contributed by atoms with Gasteiger partial charge in [0, 0.05) is 17.6 Å². The van der Waals surface area contributed by atoms with Crippen LogP contribution in [-0.2, 0) is 4.79 Å². The zero-order valence-corrected chi connectivity index (χ0v) is 20.0. The van der Waals surface area contributed by atoms with Gasteiger partial charge in [-0.1, -0.05) is 54.2 Å². The number of carbonyl (C=O) groups excluding carboxylic acids is 1. The van der Waals surface area contributed by atoms with Crippen LogP contribution >= 0.6 is 11.8 Å². The van der Waals surface area contributed by atoms with Gasteiger partial charge < -0.3 is 15.1 Å². The molecule has 2 aromatic carbocycles. The zero-order chi connectivity index (χ0) is 22.9. The van der Waals surface area contributed by atoms with Crippen molar-refractivity contribution in [3.63, 3.8) is 0 Å². The van der Waals surface area contributed by atoms with Gasteiger partial charge in [0.05, 0.1) is 13.2 Å². The average Bonchev–Trinajstić information content (AvgIpc) is 3.26. The minimum absolute atomic E-state index is 0.156. The highest BCUT2D eigenvalue weighted by molar-refractivity contribution is 8.00. The second-order valence-corrected chi connectivity index (χ2v) is 9.91. The summed E-state index contributed by atoms with van der Waals surface area (Å²) in [6, 6.07) is 18.1. The van der Waals surface area contributed by atoms with Crippen LogP contribution in [0, 0.1) is 0 Å². The summed E-state index contributed by atoms with van der Waals surface area (Å²) in [5.74, 6) is 1.68. The van der Waals surface area contributed by atoms with E-state index in [-0.39, 0.29) is 29.3 Å². The average molecular weight is 464 g/mol. The maximum atomic E-state index is 14.0. The summed E-state index contributed by atoms with van der Waals surface area (Å²) in [5.41, 5.74) is 5.58. The standard InChI is InChI=1S/C25H29N5O2S/c1-16-8-7-9-17(2)29(16)24(31)22-21(18-12-14-20(32-3)15-13-18)28-30-23(26-27-25(30)33-22)19-10-5-4-6-11-19/h4-6,10-17,21-22,28H,7-9H2,1-3H3/t16-,17+,21-,22+/m0/s1. The number of likely N-dealkylation sites (tertiary alicyclic amines) is 1. The maximum Gasteiger partial charge on any atom is 0.239 e. The smallest absolute Gasteiger partial charge is 0.239 e. The number of thioether (sulfide) groups is 1. The van der Waals surface area contributed by atoms with Crippen LogP contribution in [0.25, 0.3) is 11.4 Å². The van der Waals surface area contributed by atoms with Crippen molar-refractivity contribution < 1.29 is 9.53 Å². The fourth-order valence-electron chi connectivity index (χ4n) is 4.88. The Kier molecular flexibility index (Phi) is 6.01. The lowest BCUT2D eigenvalue weighted by atomic mass is 9.95. The van der Waals surface area contributed by atoms with E-state index >= 15 is 0 Å². The summed E-state index contributed by atoms with van der Waals surface area (Å²) in [6.45, 7) is 4.32. The molecule has 172 valence electrons. The predicted molar refractivity (Wildman–Crippen MR) is 130 cm³/mol. The van der Waals surface area contributed by atoms with Gasteiger partial charge in [-0.2, -0.15) is 0 Å². The van der Waals surface area contributed by atoms with Crippen molar-refractivity contribution in [3.8, 4) is 17.1 Å². The van der Waals surface area contributed by atoms with Gasteiger partial charge in [-0.25, -0.2) is 4.68 Å². The Balaban J connectivity index is 1.54. The van der Waals surface area contributed by atoms with Crippen LogP contribution in [0.2, 0.25) is 0 Å². The van der Waals surface area contributed by atoms with E-state index in [1.165, 1.54) is 18.2 Å². The molecule has 0 spiro atoms. The molecular formula is C25H29N5O2S. The SMILES string of the molecule is COc1ccc([C@@H]2Nn3c(nnc3-c3ccccc3)S[C@H]2C(=O)N2[C@H](C)CCC[C@@H]2C)cc1. The van der Waals surface area contributed by atoms with Crippen molar-refractivity contribution in [2.75, 3.05) is 12.5 Å². The van der Waals surface area contributed by atoms with Crippen LogP contribution in [0.1, 0.15) is 44.7 Å². The van der Waals surface area contributed by atoms with Gasteiger partial charge in [-0.15, -0.1) is 10.2 Å². The first kappa shape index (κ1) is 21.8. The molecule has 3 heterocycles. The lowest BCUT2D eigenvalue weighted by Gasteiger charge is -2.43. The number of carbonyl (C=O) groups is 1. The van der Waals surface area contributed by atoms with Gasteiger partial charge in [-0.3, -0.25) is 4.79 Å². The van der Waals surface area contributed by atoms with Crippen LogP contribution < -0.4 is 10.2 Å². The topological polar surface area (TPSA) is 72.3 Å². The number of rotatable bonds is 4. The molecule has 1 aromatic heterocycles. The molecule has 2 aliphatic heterocycles. The normalized spacial score (nSPS) is 24.6. The van der Waals surface area contributed by atoms with E-state index in [0.29, 0.717) is 5.16 Å². The number of benzene rings is 2. The summed E-state index contributed by atoms with van der Waals surface area (Å²) in [6.07, 6.45) is 3.25. The summed E-state index contributed by atoms with van der Waals surface area (Å²) in [4.78, 5) is 16.0. The fraction of sp³-hybridized carbons (Fsp3) is 0.400. The zero-order valence-electron chi connectivity index (χ0n) is 19.1. The van der Waals surface area contributed by atoms with Gasteiger partial charge in [0.25, 0.3) is 0 Å². The first-order valence-electron chi connectivity index (χ1n) is 11.5. The summed E-state index contributed by atoms with van der Waals surface area (Å²) in [5, 5.41) is 9.23. The van der Waals surface area contributed by atoms with Gasteiger partial charge in [0.2, 0.25) is 11.1 Å². The maximum absolute atomic E-state index is 14.0. The number of nitrogens with zero attached hydrogens (tertiary/aromatic N) is 4. The number of hydrogen-bond acceptors (Lipinski definition) is 6. The molecule has 33 heavy (non-hydrogen) atoms. The number of aromatic nitrogens is 3. The molecule has 4 atom stereocenters. The highest BCUT2D eigenvalue weighted by Crippen LogP contribution is 2.41. The molecule has 1 saturated heterocycles. The Morgan fingerprint density at radius 1 is 1.03 bits per heavy atom. The van der Waals surface area contributed by atoms with Gasteiger partial charge in [0.15, 0.2) is 5.82 Å². The lowest BCUT2D eigenvalue weighted by Crippen LogP contribution is -2.53. The molecule has 1 amide bonds. The van der Waals surface area contributed by atoms with E-state index < -0.39 is 0 Å². The van der Waals surface area contributed by atoms with Gasteiger partial charge >= 0.3 is 0 Å². The van der Waals surface area contributed by atoms with Crippen molar-refractivity contribution in [1.29, 1.82) is 0 Å². The number of nitrogens with one attached hydrogen (secondary N) is 1. The molecular weight excluding hydrogens is 434 g/mol. The van der Waals surface area contributed by atoms with Crippen molar-refractivity contribution in [3.05, 3.63) is 60.2 Å². The van der Waals surface area contributed by atoms with Gasteiger partial charge in [0.1, 0.15) is 11.0 Å². The van der Waals surface area contributed by atoms with Crippen LogP contribution in [0.4, 0.5) is 0 Å².